The van der Waals surface area contributed by atoms with Crippen molar-refractivity contribution in [1.82, 2.24) is 29.9 Å². The minimum Gasteiger partial charge on any atom is -0.378 e. The summed E-state index contributed by atoms with van der Waals surface area (Å²) in [5.41, 5.74) is 9.32. The zero-order chi connectivity index (χ0) is 35.5. The van der Waals surface area contributed by atoms with E-state index in [1.54, 1.807) is 12.4 Å². The number of hydrogen-bond donors (Lipinski definition) is 4. The number of ether oxygens (including phenoxy) is 2. The van der Waals surface area contributed by atoms with Gasteiger partial charge in [-0.15, -0.1) is 0 Å². The molecule has 4 N–H and O–H groups in total. The van der Waals surface area contributed by atoms with E-state index in [0.29, 0.717) is 88.3 Å². The van der Waals surface area contributed by atoms with Crippen LogP contribution in [0, 0.1) is 0 Å². The molecule has 3 aromatic carbocycles. The lowest BCUT2D eigenvalue weighted by Crippen LogP contribution is -2.37. The van der Waals surface area contributed by atoms with Crippen molar-refractivity contribution in [2.45, 2.75) is 0 Å². The quantitative estimate of drug-likeness (QED) is 0.0899. The number of rotatable bonds is 12. The van der Waals surface area contributed by atoms with Gasteiger partial charge >= 0.3 is 0 Å². The second kappa shape index (κ2) is 17.3. The van der Waals surface area contributed by atoms with Crippen LogP contribution in [0.4, 0.5) is 47.1 Å². The molecule has 0 spiro atoms. The smallest absolute Gasteiger partial charge is 0.250 e. The van der Waals surface area contributed by atoms with Crippen molar-refractivity contribution < 1.29 is 9.47 Å². The van der Waals surface area contributed by atoms with Gasteiger partial charge in [-0.3, -0.25) is 0 Å². The SMILES string of the molecule is Brc1cccc(Nc2nc(N/N=C\c3ccc(/C=N\Nc4nc(Nc5cccc(Br)c5)nc(N5CCOCC5)n4)cc3)nc(N3CCOCC3)n2)c1. The van der Waals surface area contributed by atoms with Crippen LogP contribution in [0.15, 0.2) is 91.9 Å². The maximum absolute atomic E-state index is 5.50. The first-order chi connectivity index (χ1) is 25.5. The summed E-state index contributed by atoms with van der Waals surface area (Å²) in [5, 5.41) is 15.3. The number of hydrazone groups is 2. The highest BCUT2D eigenvalue weighted by Crippen LogP contribution is 2.23. The molecule has 18 heteroatoms. The number of nitrogens with zero attached hydrogens (tertiary/aromatic N) is 10. The van der Waals surface area contributed by atoms with Gasteiger partial charge in [0.25, 0.3) is 0 Å². The largest absolute Gasteiger partial charge is 0.378 e. The summed E-state index contributed by atoms with van der Waals surface area (Å²) in [4.78, 5) is 31.7. The normalized spacial score (nSPS) is 14.9. The van der Waals surface area contributed by atoms with Gasteiger partial charge in [-0.25, -0.2) is 10.9 Å². The van der Waals surface area contributed by atoms with E-state index >= 15 is 0 Å². The summed E-state index contributed by atoms with van der Waals surface area (Å²) in [7, 11) is 0. The zero-order valence-corrected chi connectivity index (χ0v) is 31.0. The van der Waals surface area contributed by atoms with E-state index in [1.165, 1.54) is 0 Å². The van der Waals surface area contributed by atoms with E-state index in [4.69, 9.17) is 9.47 Å². The number of aromatic nitrogens is 6. The van der Waals surface area contributed by atoms with Gasteiger partial charge in [0.2, 0.25) is 35.7 Å². The van der Waals surface area contributed by atoms with Crippen molar-refractivity contribution in [1.29, 1.82) is 0 Å². The summed E-state index contributed by atoms with van der Waals surface area (Å²) in [5.74, 6) is 2.50. The van der Waals surface area contributed by atoms with Crippen LogP contribution in [-0.4, -0.2) is 94.9 Å². The number of halogens is 2. The summed E-state index contributed by atoms with van der Waals surface area (Å²) in [6.07, 6.45) is 3.38. The summed E-state index contributed by atoms with van der Waals surface area (Å²) < 4.78 is 12.9. The average Bonchev–Trinajstić information content (AvgIpc) is 3.16. The fourth-order valence-electron chi connectivity index (χ4n) is 5.14. The number of benzene rings is 3. The van der Waals surface area contributed by atoms with E-state index in [-0.39, 0.29) is 0 Å². The van der Waals surface area contributed by atoms with Gasteiger partial charge in [-0.1, -0.05) is 68.3 Å². The monoisotopic (exact) mass is 828 g/mol. The molecule has 0 amide bonds. The molecule has 2 saturated heterocycles. The first-order valence-corrected chi connectivity index (χ1v) is 18.0. The lowest BCUT2D eigenvalue weighted by molar-refractivity contribution is 0.122. The van der Waals surface area contributed by atoms with E-state index in [0.717, 1.165) is 31.4 Å². The Morgan fingerprint density at radius 2 is 0.942 bits per heavy atom. The maximum Gasteiger partial charge on any atom is 0.250 e. The van der Waals surface area contributed by atoms with E-state index in [2.05, 4.69) is 103 Å². The van der Waals surface area contributed by atoms with Crippen molar-refractivity contribution >= 4 is 91.4 Å². The lowest BCUT2D eigenvalue weighted by atomic mass is 10.2. The third-order valence-electron chi connectivity index (χ3n) is 7.69. The van der Waals surface area contributed by atoms with Crippen LogP contribution in [0.25, 0.3) is 0 Å². The second-order valence-electron chi connectivity index (χ2n) is 11.4. The van der Waals surface area contributed by atoms with E-state index < -0.39 is 0 Å². The first-order valence-electron chi connectivity index (χ1n) is 16.4. The Morgan fingerprint density at radius 3 is 1.35 bits per heavy atom. The predicted molar refractivity (Wildman–Crippen MR) is 209 cm³/mol. The highest BCUT2D eigenvalue weighted by molar-refractivity contribution is 9.10. The molecular formula is C34H34Br2N14O2. The van der Waals surface area contributed by atoms with Gasteiger partial charge in [0.05, 0.1) is 38.9 Å². The Morgan fingerprint density at radius 1 is 0.538 bits per heavy atom. The Hall–Kier alpha value is -5.30. The van der Waals surface area contributed by atoms with Crippen molar-refractivity contribution in [2.24, 2.45) is 10.2 Å². The lowest BCUT2D eigenvalue weighted by Gasteiger charge is -2.27. The van der Waals surface area contributed by atoms with Crippen molar-refractivity contribution in [3.63, 3.8) is 0 Å². The zero-order valence-electron chi connectivity index (χ0n) is 27.8. The number of nitrogens with one attached hydrogen (secondary N) is 4. The van der Waals surface area contributed by atoms with E-state index in [9.17, 15) is 0 Å². The highest BCUT2D eigenvalue weighted by Gasteiger charge is 2.18. The molecule has 0 unspecified atom stereocenters. The predicted octanol–water partition coefficient (Wildman–Crippen LogP) is 5.63. The van der Waals surface area contributed by atoms with Crippen LogP contribution in [0.2, 0.25) is 0 Å². The first kappa shape index (κ1) is 35.1. The molecule has 0 aliphatic carbocycles. The molecule has 2 aliphatic heterocycles. The standard InChI is InChI=1S/C34H34Br2N14O2/c35-25-3-1-5-27(19-25)39-29-41-31(45-33(43-29)49-11-15-51-16-12-49)47-37-21-23-7-9-24(10-8-23)22-38-48-32-42-30(40-28-6-2-4-26(36)20-28)44-34(46-32)50-13-17-52-18-14-50/h1-10,19-22H,11-18H2,(H2,39,41,43,45,47)(H2,40,42,44,46,48)/b37-21-,38-22-. The Labute approximate surface area is 316 Å². The molecule has 7 rings (SSSR count). The van der Waals surface area contributed by atoms with Gasteiger partial charge in [0, 0.05) is 46.5 Å². The van der Waals surface area contributed by atoms with Crippen molar-refractivity contribution in [3.8, 4) is 0 Å². The van der Waals surface area contributed by atoms with Crippen LogP contribution < -0.4 is 31.3 Å². The van der Waals surface area contributed by atoms with Crippen LogP contribution in [0.3, 0.4) is 0 Å². The molecule has 266 valence electrons. The number of hydrogen-bond acceptors (Lipinski definition) is 16. The topological polar surface area (TPSA) is 175 Å². The fraction of sp³-hybridized carbons (Fsp3) is 0.235. The summed E-state index contributed by atoms with van der Waals surface area (Å²) in [6, 6.07) is 23.3. The fourth-order valence-corrected chi connectivity index (χ4v) is 5.94. The molecule has 0 bridgehead atoms. The molecule has 2 fully saturated rings. The maximum atomic E-state index is 5.50. The van der Waals surface area contributed by atoms with E-state index in [1.807, 2.05) is 72.8 Å². The molecule has 0 atom stereocenters. The van der Waals surface area contributed by atoms with Gasteiger partial charge in [-0.2, -0.15) is 40.1 Å². The molecule has 2 aromatic heterocycles. The molecule has 5 aromatic rings. The third-order valence-corrected chi connectivity index (χ3v) is 8.68. The Bertz CT molecular complexity index is 1880. The third kappa shape index (κ3) is 9.93. The minimum absolute atomic E-state index is 0.310. The summed E-state index contributed by atoms with van der Waals surface area (Å²) >= 11 is 7.01. The van der Waals surface area contributed by atoms with Crippen LogP contribution in [0.1, 0.15) is 11.1 Å². The van der Waals surface area contributed by atoms with Gasteiger partial charge < -0.3 is 29.9 Å². The van der Waals surface area contributed by atoms with Gasteiger partial charge in [0.1, 0.15) is 0 Å². The Balaban J connectivity index is 1.00. The molecule has 52 heavy (non-hydrogen) atoms. The molecular weight excluding hydrogens is 796 g/mol. The molecule has 16 nitrogen and oxygen atoms in total. The second-order valence-corrected chi connectivity index (χ2v) is 13.3. The summed E-state index contributed by atoms with van der Waals surface area (Å²) in [6.45, 7) is 5.17. The molecule has 0 saturated carbocycles. The van der Waals surface area contributed by atoms with Crippen molar-refractivity contribution in [3.05, 3.63) is 92.9 Å². The van der Waals surface area contributed by atoms with Crippen LogP contribution >= 0.6 is 31.9 Å². The number of morpholine rings is 2. The van der Waals surface area contributed by atoms with Gasteiger partial charge in [-0.05, 0) is 47.5 Å². The minimum atomic E-state index is 0.310. The van der Waals surface area contributed by atoms with Crippen molar-refractivity contribution in [2.75, 3.05) is 83.9 Å². The average molecular weight is 831 g/mol. The Kier molecular flexibility index (Phi) is 11.7. The molecule has 0 radical (unpaired) electrons. The van der Waals surface area contributed by atoms with Gasteiger partial charge in [0.15, 0.2) is 0 Å². The molecule has 4 heterocycles. The molecule has 2 aliphatic rings. The highest BCUT2D eigenvalue weighted by atomic mass is 79.9. The van der Waals surface area contributed by atoms with Crippen LogP contribution in [-0.2, 0) is 9.47 Å². The van der Waals surface area contributed by atoms with Crippen LogP contribution in [0.5, 0.6) is 0 Å². The number of anilines is 8.